The summed E-state index contributed by atoms with van der Waals surface area (Å²) >= 11 is 0. The molecule has 0 spiro atoms. The van der Waals surface area contributed by atoms with Gasteiger partial charge in [-0.3, -0.25) is 0 Å². The van der Waals surface area contributed by atoms with Crippen LogP contribution in [0.4, 0.5) is 0 Å². The fraction of sp³-hybridized carbons (Fsp3) is 0.700. The van der Waals surface area contributed by atoms with E-state index >= 15 is 0 Å². The first-order chi connectivity index (χ1) is 5.50. The van der Waals surface area contributed by atoms with Crippen LogP contribution in [0.3, 0.4) is 0 Å². The molecular formula is C10H18N2. The Morgan fingerprint density at radius 1 is 1.50 bits per heavy atom. The number of nitrogens with one attached hydrogen (secondary N) is 1. The van der Waals surface area contributed by atoms with Crippen molar-refractivity contribution < 1.29 is 0 Å². The van der Waals surface area contributed by atoms with Crippen LogP contribution in [0.2, 0.25) is 0 Å². The van der Waals surface area contributed by atoms with Gasteiger partial charge >= 0.3 is 0 Å². The second-order valence-electron chi connectivity index (χ2n) is 4.55. The number of hydrogen-bond acceptors (Lipinski definition) is 1. The van der Waals surface area contributed by atoms with Crippen molar-refractivity contribution in [3.63, 3.8) is 0 Å². The summed E-state index contributed by atoms with van der Waals surface area (Å²) < 4.78 is 0. The molecule has 1 atom stereocenters. The van der Waals surface area contributed by atoms with Gasteiger partial charge in [0.15, 0.2) is 0 Å². The zero-order valence-corrected chi connectivity index (χ0v) is 8.39. The standard InChI is InChI=1S/C10H18N2/c1-8(10(2,3)4)5-9-6-11-7-12-9/h6-8H,5H2,1-4H3,(H,11,12)/t8-/m1/s1. The van der Waals surface area contributed by atoms with Crippen LogP contribution in [-0.2, 0) is 6.42 Å². The topological polar surface area (TPSA) is 28.7 Å². The zero-order valence-electron chi connectivity index (χ0n) is 8.39. The third-order valence-electron chi connectivity index (χ3n) is 2.56. The zero-order chi connectivity index (χ0) is 9.19. The Kier molecular flexibility index (Phi) is 2.55. The van der Waals surface area contributed by atoms with Crippen LogP contribution in [0.25, 0.3) is 0 Å². The van der Waals surface area contributed by atoms with Gasteiger partial charge in [0.1, 0.15) is 0 Å². The number of H-pyrrole nitrogens is 1. The maximum Gasteiger partial charge on any atom is 0.0921 e. The molecule has 2 nitrogen and oxygen atoms in total. The second kappa shape index (κ2) is 3.30. The van der Waals surface area contributed by atoms with Crippen molar-refractivity contribution in [2.24, 2.45) is 11.3 Å². The number of hydrogen-bond donors (Lipinski definition) is 1. The van der Waals surface area contributed by atoms with Crippen LogP contribution < -0.4 is 0 Å². The van der Waals surface area contributed by atoms with Gasteiger partial charge in [-0.15, -0.1) is 0 Å². The Morgan fingerprint density at radius 3 is 2.58 bits per heavy atom. The summed E-state index contributed by atoms with van der Waals surface area (Å²) in [5, 5.41) is 0. The van der Waals surface area contributed by atoms with Gasteiger partial charge in [-0.05, 0) is 17.8 Å². The summed E-state index contributed by atoms with van der Waals surface area (Å²) in [4.78, 5) is 7.13. The van der Waals surface area contributed by atoms with Gasteiger partial charge in [0, 0.05) is 11.9 Å². The Hall–Kier alpha value is -0.790. The predicted octanol–water partition coefficient (Wildman–Crippen LogP) is 2.63. The van der Waals surface area contributed by atoms with Crippen molar-refractivity contribution in [1.82, 2.24) is 9.97 Å². The minimum Gasteiger partial charge on any atom is -0.348 e. The van der Waals surface area contributed by atoms with Gasteiger partial charge in [-0.1, -0.05) is 27.7 Å². The van der Waals surface area contributed by atoms with E-state index in [2.05, 4.69) is 37.7 Å². The monoisotopic (exact) mass is 166 g/mol. The van der Waals surface area contributed by atoms with Crippen LogP contribution in [-0.4, -0.2) is 9.97 Å². The molecule has 0 bridgehead atoms. The van der Waals surface area contributed by atoms with Gasteiger partial charge < -0.3 is 4.98 Å². The highest BCUT2D eigenvalue weighted by Gasteiger charge is 2.20. The van der Waals surface area contributed by atoms with Crippen molar-refractivity contribution in [3.05, 3.63) is 18.2 Å². The fourth-order valence-electron chi connectivity index (χ4n) is 1.03. The molecule has 0 saturated heterocycles. The van der Waals surface area contributed by atoms with Crippen LogP contribution in [0, 0.1) is 11.3 Å². The smallest absolute Gasteiger partial charge is 0.0921 e. The molecule has 0 aliphatic heterocycles. The lowest BCUT2D eigenvalue weighted by Gasteiger charge is -2.26. The highest BCUT2D eigenvalue weighted by molar-refractivity contribution is 4.96. The maximum absolute atomic E-state index is 4.00. The van der Waals surface area contributed by atoms with E-state index in [1.807, 2.05) is 6.20 Å². The lowest BCUT2D eigenvalue weighted by atomic mass is 9.79. The molecule has 1 rings (SSSR count). The highest BCUT2D eigenvalue weighted by Crippen LogP contribution is 2.27. The van der Waals surface area contributed by atoms with E-state index in [0.717, 1.165) is 6.42 Å². The van der Waals surface area contributed by atoms with E-state index in [1.165, 1.54) is 5.69 Å². The molecule has 0 fully saturated rings. The summed E-state index contributed by atoms with van der Waals surface area (Å²) in [6.07, 6.45) is 4.73. The summed E-state index contributed by atoms with van der Waals surface area (Å²) in [7, 11) is 0. The van der Waals surface area contributed by atoms with Gasteiger partial charge in [-0.2, -0.15) is 0 Å². The molecular weight excluding hydrogens is 148 g/mol. The first-order valence-corrected chi connectivity index (χ1v) is 4.47. The number of rotatable bonds is 2. The minimum absolute atomic E-state index is 0.380. The van der Waals surface area contributed by atoms with Crippen LogP contribution in [0.15, 0.2) is 12.5 Å². The second-order valence-corrected chi connectivity index (χ2v) is 4.55. The molecule has 12 heavy (non-hydrogen) atoms. The van der Waals surface area contributed by atoms with Gasteiger partial charge in [0.25, 0.3) is 0 Å². The molecule has 0 unspecified atom stereocenters. The number of aromatic nitrogens is 2. The van der Waals surface area contributed by atoms with Crippen LogP contribution in [0.5, 0.6) is 0 Å². The van der Waals surface area contributed by atoms with E-state index in [9.17, 15) is 0 Å². The fourth-order valence-corrected chi connectivity index (χ4v) is 1.03. The van der Waals surface area contributed by atoms with Gasteiger partial charge in [-0.25, -0.2) is 4.98 Å². The van der Waals surface area contributed by atoms with E-state index in [0.29, 0.717) is 11.3 Å². The van der Waals surface area contributed by atoms with Gasteiger partial charge in [0.05, 0.1) is 6.33 Å². The lowest BCUT2D eigenvalue weighted by molar-refractivity contribution is 0.259. The van der Waals surface area contributed by atoms with E-state index in [-0.39, 0.29) is 0 Å². The summed E-state index contributed by atoms with van der Waals surface area (Å²) in [6, 6.07) is 0. The van der Waals surface area contributed by atoms with E-state index < -0.39 is 0 Å². The number of aromatic amines is 1. The molecule has 0 radical (unpaired) electrons. The van der Waals surface area contributed by atoms with E-state index in [4.69, 9.17) is 0 Å². The van der Waals surface area contributed by atoms with Gasteiger partial charge in [0.2, 0.25) is 0 Å². The molecule has 0 aromatic carbocycles. The molecule has 1 heterocycles. The average molecular weight is 166 g/mol. The molecule has 1 N–H and O–H groups in total. The maximum atomic E-state index is 4.00. The Morgan fingerprint density at radius 2 is 2.17 bits per heavy atom. The first-order valence-electron chi connectivity index (χ1n) is 4.47. The molecule has 0 aliphatic rings. The SMILES string of the molecule is C[C@H](Cc1cnc[nH]1)C(C)(C)C. The Bertz CT molecular complexity index is 218. The number of imidazole rings is 1. The van der Waals surface area contributed by atoms with Crippen molar-refractivity contribution in [1.29, 1.82) is 0 Å². The molecule has 68 valence electrons. The number of nitrogens with zero attached hydrogens (tertiary/aromatic N) is 1. The molecule has 2 heteroatoms. The third kappa shape index (κ3) is 2.36. The third-order valence-corrected chi connectivity index (χ3v) is 2.56. The van der Waals surface area contributed by atoms with Crippen molar-refractivity contribution in [3.8, 4) is 0 Å². The highest BCUT2D eigenvalue weighted by atomic mass is 14.9. The summed E-state index contributed by atoms with van der Waals surface area (Å²) in [5.41, 5.74) is 1.61. The molecule has 0 amide bonds. The van der Waals surface area contributed by atoms with E-state index in [1.54, 1.807) is 6.33 Å². The lowest BCUT2D eigenvalue weighted by Crippen LogP contribution is -2.19. The largest absolute Gasteiger partial charge is 0.348 e. The van der Waals surface area contributed by atoms with Crippen LogP contribution >= 0.6 is 0 Å². The average Bonchev–Trinajstić information content (AvgIpc) is 2.37. The molecule has 0 saturated carbocycles. The summed E-state index contributed by atoms with van der Waals surface area (Å²) in [5.74, 6) is 0.679. The van der Waals surface area contributed by atoms with Crippen molar-refractivity contribution >= 4 is 0 Å². The van der Waals surface area contributed by atoms with Crippen molar-refractivity contribution in [2.45, 2.75) is 34.1 Å². The summed E-state index contributed by atoms with van der Waals surface area (Å²) in [6.45, 7) is 9.09. The molecule has 0 aliphatic carbocycles. The van der Waals surface area contributed by atoms with Crippen LogP contribution in [0.1, 0.15) is 33.4 Å². The minimum atomic E-state index is 0.380. The molecule has 1 aromatic heterocycles. The Labute approximate surface area is 74.4 Å². The Balaban J connectivity index is 2.53. The predicted molar refractivity (Wildman–Crippen MR) is 50.9 cm³/mol. The first kappa shape index (κ1) is 9.30. The molecule has 1 aromatic rings. The van der Waals surface area contributed by atoms with Crippen molar-refractivity contribution in [2.75, 3.05) is 0 Å². The normalized spacial score (nSPS) is 14.7. The quantitative estimate of drug-likeness (QED) is 0.719.